The largest absolute Gasteiger partial charge is 0.494 e. The zero-order valence-electron chi connectivity index (χ0n) is 9.49. The van der Waals surface area contributed by atoms with Crippen molar-refractivity contribution in [3.05, 3.63) is 24.0 Å². The normalized spacial score (nSPS) is 12.2. The van der Waals surface area contributed by atoms with Crippen LogP contribution in [-0.4, -0.2) is 17.9 Å². The van der Waals surface area contributed by atoms with Gasteiger partial charge in [-0.2, -0.15) is 0 Å². The number of rotatable bonds is 5. The fraction of sp³-hybridized carbons (Fsp3) is 0.500. The van der Waals surface area contributed by atoms with E-state index in [0.717, 1.165) is 6.42 Å². The van der Waals surface area contributed by atoms with Gasteiger partial charge < -0.3 is 4.74 Å². The molecule has 0 aromatic carbocycles. The Morgan fingerprint density at radius 2 is 2.33 bits per heavy atom. The SMILES string of the molecule is CCC(C)CC(=O)c1ncccc1OC. The lowest BCUT2D eigenvalue weighted by molar-refractivity contribution is 0.0955. The number of methoxy groups -OCH3 is 1. The Morgan fingerprint density at radius 3 is 2.93 bits per heavy atom. The molecule has 1 aromatic rings. The number of pyridine rings is 1. The fourth-order valence-electron chi connectivity index (χ4n) is 1.32. The van der Waals surface area contributed by atoms with Crippen LogP contribution in [-0.2, 0) is 0 Å². The van der Waals surface area contributed by atoms with Gasteiger partial charge in [0.25, 0.3) is 0 Å². The molecule has 1 rings (SSSR count). The lowest BCUT2D eigenvalue weighted by Gasteiger charge is -2.09. The molecule has 0 aliphatic heterocycles. The molecule has 1 heterocycles. The Kier molecular flexibility index (Phi) is 4.28. The van der Waals surface area contributed by atoms with Crippen molar-refractivity contribution < 1.29 is 9.53 Å². The van der Waals surface area contributed by atoms with E-state index in [-0.39, 0.29) is 5.78 Å². The first-order valence-corrected chi connectivity index (χ1v) is 5.21. The van der Waals surface area contributed by atoms with Crippen molar-refractivity contribution in [2.24, 2.45) is 5.92 Å². The maximum atomic E-state index is 11.9. The van der Waals surface area contributed by atoms with Gasteiger partial charge in [-0.05, 0) is 18.1 Å². The second-order valence-electron chi connectivity index (χ2n) is 3.69. The number of carbonyl (C=O) groups excluding carboxylic acids is 1. The molecule has 0 fully saturated rings. The van der Waals surface area contributed by atoms with Gasteiger partial charge in [-0.25, -0.2) is 4.98 Å². The van der Waals surface area contributed by atoms with E-state index < -0.39 is 0 Å². The van der Waals surface area contributed by atoms with Crippen LogP contribution in [0, 0.1) is 5.92 Å². The van der Waals surface area contributed by atoms with Gasteiger partial charge in [0.1, 0.15) is 11.4 Å². The average Bonchev–Trinajstić information content (AvgIpc) is 2.28. The summed E-state index contributed by atoms with van der Waals surface area (Å²) < 4.78 is 5.10. The van der Waals surface area contributed by atoms with Gasteiger partial charge in [-0.1, -0.05) is 20.3 Å². The number of carbonyl (C=O) groups is 1. The molecule has 1 atom stereocenters. The Labute approximate surface area is 90.5 Å². The van der Waals surface area contributed by atoms with E-state index in [1.54, 1.807) is 25.4 Å². The molecule has 0 saturated heterocycles. The van der Waals surface area contributed by atoms with E-state index in [4.69, 9.17) is 4.74 Å². The summed E-state index contributed by atoms with van der Waals surface area (Å²) in [6.07, 6.45) is 3.15. The summed E-state index contributed by atoms with van der Waals surface area (Å²) >= 11 is 0. The minimum Gasteiger partial charge on any atom is -0.494 e. The standard InChI is InChI=1S/C12H17NO2/c1-4-9(2)8-10(14)12-11(15-3)6-5-7-13-12/h5-7,9H,4,8H2,1-3H3. The number of hydrogen-bond acceptors (Lipinski definition) is 3. The van der Waals surface area contributed by atoms with Crippen molar-refractivity contribution >= 4 is 5.78 Å². The van der Waals surface area contributed by atoms with Crippen LogP contribution >= 0.6 is 0 Å². The lowest BCUT2D eigenvalue weighted by atomic mass is 10.00. The van der Waals surface area contributed by atoms with Crippen molar-refractivity contribution in [3.8, 4) is 5.75 Å². The molecule has 1 aromatic heterocycles. The van der Waals surface area contributed by atoms with Gasteiger partial charge in [-0.15, -0.1) is 0 Å². The smallest absolute Gasteiger partial charge is 0.185 e. The highest BCUT2D eigenvalue weighted by molar-refractivity contribution is 5.96. The molecule has 0 N–H and O–H groups in total. The topological polar surface area (TPSA) is 39.2 Å². The first-order chi connectivity index (χ1) is 7.19. The summed E-state index contributed by atoms with van der Waals surface area (Å²) in [5.74, 6) is 1.01. The summed E-state index contributed by atoms with van der Waals surface area (Å²) in [7, 11) is 1.55. The molecular formula is C12H17NO2. The average molecular weight is 207 g/mol. The predicted octanol–water partition coefficient (Wildman–Crippen LogP) is 2.71. The van der Waals surface area contributed by atoms with Crippen LogP contribution in [0.3, 0.4) is 0 Å². The monoisotopic (exact) mass is 207 g/mol. The Bertz CT molecular complexity index is 336. The highest BCUT2D eigenvalue weighted by Crippen LogP contribution is 2.19. The lowest BCUT2D eigenvalue weighted by Crippen LogP contribution is -2.08. The first-order valence-electron chi connectivity index (χ1n) is 5.21. The van der Waals surface area contributed by atoms with E-state index >= 15 is 0 Å². The number of ether oxygens (including phenoxy) is 1. The zero-order chi connectivity index (χ0) is 11.3. The zero-order valence-corrected chi connectivity index (χ0v) is 9.49. The van der Waals surface area contributed by atoms with Crippen LogP contribution in [0.2, 0.25) is 0 Å². The fourth-order valence-corrected chi connectivity index (χ4v) is 1.32. The minimum atomic E-state index is 0.0572. The van der Waals surface area contributed by atoms with E-state index in [9.17, 15) is 4.79 Å². The van der Waals surface area contributed by atoms with Crippen molar-refractivity contribution in [2.45, 2.75) is 26.7 Å². The summed E-state index contributed by atoms with van der Waals surface area (Å²) in [6, 6.07) is 3.52. The molecule has 0 radical (unpaired) electrons. The summed E-state index contributed by atoms with van der Waals surface area (Å²) in [6.45, 7) is 4.14. The van der Waals surface area contributed by atoms with E-state index in [0.29, 0.717) is 23.8 Å². The van der Waals surface area contributed by atoms with Gasteiger partial charge in [0, 0.05) is 12.6 Å². The summed E-state index contributed by atoms with van der Waals surface area (Å²) in [4.78, 5) is 15.9. The number of Topliss-reactive ketones (excluding diaryl/α,β-unsaturated/α-hetero) is 1. The van der Waals surface area contributed by atoms with Crippen molar-refractivity contribution in [2.75, 3.05) is 7.11 Å². The van der Waals surface area contributed by atoms with Gasteiger partial charge in [0.2, 0.25) is 0 Å². The Balaban J connectivity index is 2.81. The maximum absolute atomic E-state index is 11.9. The number of aromatic nitrogens is 1. The van der Waals surface area contributed by atoms with Crippen LogP contribution < -0.4 is 4.74 Å². The highest BCUT2D eigenvalue weighted by Gasteiger charge is 2.15. The highest BCUT2D eigenvalue weighted by atomic mass is 16.5. The number of hydrogen-bond donors (Lipinski definition) is 0. The maximum Gasteiger partial charge on any atom is 0.185 e. The van der Waals surface area contributed by atoms with Gasteiger partial charge in [0.05, 0.1) is 7.11 Å². The molecule has 82 valence electrons. The third kappa shape index (κ3) is 3.05. The Morgan fingerprint density at radius 1 is 1.60 bits per heavy atom. The van der Waals surface area contributed by atoms with Crippen LogP contribution in [0.1, 0.15) is 37.2 Å². The summed E-state index contributed by atoms with van der Waals surface area (Å²) in [5.41, 5.74) is 0.445. The number of nitrogens with zero attached hydrogens (tertiary/aromatic N) is 1. The van der Waals surface area contributed by atoms with E-state index in [2.05, 4.69) is 18.8 Å². The quantitative estimate of drug-likeness (QED) is 0.697. The van der Waals surface area contributed by atoms with Crippen molar-refractivity contribution in [1.29, 1.82) is 0 Å². The van der Waals surface area contributed by atoms with E-state index in [1.165, 1.54) is 0 Å². The first kappa shape index (κ1) is 11.7. The van der Waals surface area contributed by atoms with Crippen molar-refractivity contribution in [3.63, 3.8) is 0 Å². The molecule has 0 amide bonds. The van der Waals surface area contributed by atoms with Gasteiger partial charge in [-0.3, -0.25) is 4.79 Å². The van der Waals surface area contributed by atoms with Crippen LogP contribution in [0.5, 0.6) is 5.75 Å². The van der Waals surface area contributed by atoms with Crippen LogP contribution in [0.15, 0.2) is 18.3 Å². The molecule has 0 aliphatic carbocycles. The van der Waals surface area contributed by atoms with Gasteiger partial charge in [0.15, 0.2) is 5.78 Å². The summed E-state index contributed by atoms with van der Waals surface area (Å²) in [5, 5.41) is 0. The molecule has 0 saturated carbocycles. The molecule has 15 heavy (non-hydrogen) atoms. The molecular weight excluding hydrogens is 190 g/mol. The van der Waals surface area contributed by atoms with Crippen LogP contribution in [0.4, 0.5) is 0 Å². The molecule has 0 aliphatic rings. The molecule has 0 bridgehead atoms. The molecule has 1 unspecified atom stereocenters. The third-order valence-corrected chi connectivity index (χ3v) is 2.49. The van der Waals surface area contributed by atoms with Crippen LogP contribution in [0.25, 0.3) is 0 Å². The van der Waals surface area contributed by atoms with Gasteiger partial charge >= 0.3 is 0 Å². The second-order valence-corrected chi connectivity index (χ2v) is 3.69. The predicted molar refractivity (Wildman–Crippen MR) is 59.2 cm³/mol. The second kappa shape index (κ2) is 5.49. The molecule has 3 nitrogen and oxygen atoms in total. The molecule has 0 spiro atoms. The third-order valence-electron chi connectivity index (χ3n) is 2.49. The molecule has 3 heteroatoms. The van der Waals surface area contributed by atoms with Crippen molar-refractivity contribution in [1.82, 2.24) is 4.98 Å². The van der Waals surface area contributed by atoms with E-state index in [1.807, 2.05) is 0 Å². The minimum absolute atomic E-state index is 0.0572. The number of ketones is 1. The Hall–Kier alpha value is -1.38.